The van der Waals surface area contributed by atoms with Crippen LogP contribution in [0.4, 0.5) is 4.39 Å². The fourth-order valence-electron chi connectivity index (χ4n) is 1.39. The van der Waals surface area contributed by atoms with Crippen LogP contribution in [0.3, 0.4) is 0 Å². The van der Waals surface area contributed by atoms with Crippen LogP contribution in [0.2, 0.25) is 10.2 Å². The van der Waals surface area contributed by atoms with Gasteiger partial charge in [-0.3, -0.25) is 0 Å². The summed E-state index contributed by atoms with van der Waals surface area (Å²) >= 11 is 11.7. The molecule has 0 atom stereocenters. The van der Waals surface area contributed by atoms with Crippen LogP contribution in [-0.2, 0) is 0 Å². The van der Waals surface area contributed by atoms with Gasteiger partial charge in [0.2, 0.25) is 0 Å². The van der Waals surface area contributed by atoms with E-state index in [1.54, 1.807) is 13.0 Å². The van der Waals surface area contributed by atoms with Gasteiger partial charge in [0.25, 0.3) is 0 Å². The van der Waals surface area contributed by atoms with Crippen LogP contribution in [0.5, 0.6) is 0 Å². The summed E-state index contributed by atoms with van der Waals surface area (Å²) in [6.07, 6.45) is 0. The number of hydrogen-bond donors (Lipinski definition) is 0. The quantitative estimate of drug-likeness (QED) is 0.726. The molecule has 1 heterocycles. The van der Waals surface area contributed by atoms with Crippen molar-refractivity contribution in [2.75, 3.05) is 0 Å². The lowest BCUT2D eigenvalue weighted by Gasteiger charge is -2.05. The van der Waals surface area contributed by atoms with E-state index >= 15 is 0 Å². The lowest BCUT2D eigenvalue weighted by Crippen LogP contribution is -1.97. The van der Waals surface area contributed by atoms with Crippen molar-refractivity contribution in [3.63, 3.8) is 0 Å². The van der Waals surface area contributed by atoms with Crippen molar-refractivity contribution < 1.29 is 4.39 Å². The average Bonchev–Trinajstić information content (AvgIpc) is 2.29. The standard InChI is InChI=1S/C12H9Cl2FN2/c1-6-3-4-8(5-9(6)13)12-16-7(2)10(15)11(14)17-12/h3-5H,1-2H3. The molecule has 2 rings (SSSR count). The smallest absolute Gasteiger partial charge is 0.181 e. The molecule has 0 radical (unpaired) electrons. The third-order valence-corrected chi connectivity index (χ3v) is 3.06. The Kier molecular flexibility index (Phi) is 3.31. The number of nitrogens with zero attached hydrogens (tertiary/aromatic N) is 2. The van der Waals surface area contributed by atoms with Gasteiger partial charge in [-0.1, -0.05) is 35.3 Å². The van der Waals surface area contributed by atoms with Crippen molar-refractivity contribution >= 4 is 23.2 Å². The maximum atomic E-state index is 13.3. The molecule has 2 nitrogen and oxygen atoms in total. The first-order valence-corrected chi connectivity index (χ1v) is 5.71. The predicted molar refractivity (Wildman–Crippen MR) is 66.9 cm³/mol. The first-order chi connectivity index (χ1) is 7.99. The molecule has 0 saturated heterocycles. The lowest BCUT2D eigenvalue weighted by atomic mass is 10.1. The minimum Gasteiger partial charge on any atom is -0.230 e. The van der Waals surface area contributed by atoms with Gasteiger partial charge in [-0.05, 0) is 25.5 Å². The summed E-state index contributed by atoms with van der Waals surface area (Å²) in [6.45, 7) is 3.44. The molecule has 17 heavy (non-hydrogen) atoms. The fourth-order valence-corrected chi connectivity index (χ4v) is 1.78. The van der Waals surface area contributed by atoms with E-state index in [4.69, 9.17) is 23.2 Å². The minimum absolute atomic E-state index is 0.177. The Balaban J connectivity index is 2.57. The van der Waals surface area contributed by atoms with Crippen molar-refractivity contribution in [1.82, 2.24) is 9.97 Å². The van der Waals surface area contributed by atoms with Crippen LogP contribution in [0.25, 0.3) is 11.4 Å². The molecular formula is C12H9Cl2FN2. The Morgan fingerprint density at radius 2 is 1.82 bits per heavy atom. The fraction of sp³-hybridized carbons (Fsp3) is 0.167. The zero-order valence-corrected chi connectivity index (χ0v) is 10.8. The highest BCUT2D eigenvalue weighted by Gasteiger charge is 2.11. The Morgan fingerprint density at radius 1 is 1.12 bits per heavy atom. The Bertz CT molecular complexity index is 562. The van der Waals surface area contributed by atoms with Gasteiger partial charge in [0, 0.05) is 10.6 Å². The lowest BCUT2D eigenvalue weighted by molar-refractivity contribution is 0.603. The molecule has 0 saturated carbocycles. The molecule has 0 amide bonds. The highest BCUT2D eigenvalue weighted by molar-refractivity contribution is 6.31. The van der Waals surface area contributed by atoms with Crippen molar-refractivity contribution in [1.29, 1.82) is 0 Å². The second kappa shape index (κ2) is 4.59. The summed E-state index contributed by atoms with van der Waals surface area (Å²) in [5.41, 5.74) is 1.89. The predicted octanol–water partition coefficient (Wildman–Crippen LogP) is 4.21. The number of aromatic nitrogens is 2. The second-order valence-corrected chi connectivity index (χ2v) is 4.47. The minimum atomic E-state index is -0.589. The van der Waals surface area contributed by atoms with Gasteiger partial charge in [-0.15, -0.1) is 0 Å². The number of aryl methyl sites for hydroxylation is 2. The van der Waals surface area contributed by atoms with Gasteiger partial charge in [-0.2, -0.15) is 0 Å². The van der Waals surface area contributed by atoms with Gasteiger partial charge >= 0.3 is 0 Å². The monoisotopic (exact) mass is 270 g/mol. The Morgan fingerprint density at radius 3 is 2.41 bits per heavy atom. The molecule has 2 aromatic rings. The topological polar surface area (TPSA) is 25.8 Å². The van der Waals surface area contributed by atoms with Crippen molar-refractivity contribution in [2.45, 2.75) is 13.8 Å². The van der Waals surface area contributed by atoms with E-state index in [0.29, 0.717) is 16.4 Å². The molecule has 0 fully saturated rings. The average molecular weight is 271 g/mol. The van der Waals surface area contributed by atoms with Gasteiger partial charge in [0.1, 0.15) is 0 Å². The molecular weight excluding hydrogens is 262 g/mol. The van der Waals surface area contributed by atoms with Gasteiger partial charge < -0.3 is 0 Å². The van der Waals surface area contributed by atoms with Gasteiger partial charge in [0.15, 0.2) is 16.8 Å². The first-order valence-electron chi connectivity index (χ1n) is 4.95. The molecule has 0 aliphatic heterocycles. The van der Waals surface area contributed by atoms with Gasteiger partial charge in [0.05, 0.1) is 5.69 Å². The summed E-state index contributed by atoms with van der Waals surface area (Å²) in [5, 5.41) is 0.438. The van der Waals surface area contributed by atoms with E-state index < -0.39 is 5.82 Å². The Hall–Kier alpha value is -1.19. The molecule has 0 N–H and O–H groups in total. The van der Waals surface area contributed by atoms with Crippen molar-refractivity contribution in [3.8, 4) is 11.4 Å². The molecule has 0 aliphatic carbocycles. The Labute approximate surface area is 108 Å². The summed E-state index contributed by atoms with van der Waals surface area (Å²) in [7, 11) is 0. The maximum Gasteiger partial charge on any atom is 0.181 e. The number of hydrogen-bond acceptors (Lipinski definition) is 2. The summed E-state index contributed by atoms with van der Waals surface area (Å²) in [5.74, 6) is -0.218. The second-order valence-electron chi connectivity index (χ2n) is 3.70. The van der Waals surface area contributed by atoms with E-state index in [9.17, 15) is 4.39 Å². The molecule has 88 valence electrons. The largest absolute Gasteiger partial charge is 0.230 e. The third-order valence-electron chi connectivity index (χ3n) is 2.41. The van der Waals surface area contributed by atoms with Crippen molar-refractivity contribution in [2.24, 2.45) is 0 Å². The molecule has 1 aromatic carbocycles. The van der Waals surface area contributed by atoms with Crippen LogP contribution in [-0.4, -0.2) is 9.97 Å². The molecule has 0 aliphatic rings. The van der Waals surface area contributed by atoms with E-state index in [0.717, 1.165) is 5.56 Å². The van der Waals surface area contributed by atoms with Crippen LogP contribution < -0.4 is 0 Å². The highest BCUT2D eigenvalue weighted by atomic mass is 35.5. The SMILES string of the molecule is Cc1ccc(-c2nc(C)c(F)c(Cl)n2)cc1Cl. The molecule has 5 heteroatoms. The van der Waals surface area contributed by atoms with E-state index in [1.807, 2.05) is 19.1 Å². The summed E-state index contributed by atoms with van der Waals surface area (Å²) in [6, 6.07) is 5.41. The highest BCUT2D eigenvalue weighted by Crippen LogP contribution is 2.25. The van der Waals surface area contributed by atoms with Crippen LogP contribution >= 0.6 is 23.2 Å². The summed E-state index contributed by atoms with van der Waals surface area (Å²) < 4.78 is 13.3. The van der Waals surface area contributed by atoms with E-state index in [2.05, 4.69) is 9.97 Å². The van der Waals surface area contributed by atoms with Crippen LogP contribution in [0.1, 0.15) is 11.3 Å². The summed E-state index contributed by atoms with van der Waals surface area (Å²) in [4.78, 5) is 7.94. The molecule has 0 unspecified atom stereocenters. The van der Waals surface area contributed by atoms with Crippen molar-refractivity contribution in [3.05, 3.63) is 45.4 Å². The number of benzene rings is 1. The normalized spacial score (nSPS) is 10.6. The maximum absolute atomic E-state index is 13.3. The van der Waals surface area contributed by atoms with E-state index in [1.165, 1.54) is 0 Å². The van der Waals surface area contributed by atoms with Gasteiger partial charge in [-0.25, -0.2) is 14.4 Å². The van der Waals surface area contributed by atoms with Crippen LogP contribution in [0, 0.1) is 19.7 Å². The van der Waals surface area contributed by atoms with Crippen LogP contribution in [0.15, 0.2) is 18.2 Å². The zero-order valence-electron chi connectivity index (χ0n) is 9.26. The first kappa shape index (κ1) is 12.3. The zero-order chi connectivity index (χ0) is 12.6. The number of halogens is 3. The number of rotatable bonds is 1. The van der Waals surface area contributed by atoms with E-state index in [-0.39, 0.29) is 10.8 Å². The molecule has 0 spiro atoms. The molecule has 1 aromatic heterocycles. The third kappa shape index (κ3) is 2.40. The molecule has 0 bridgehead atoms.